The van der Waals surface area contributed by atoms with Crippen molar-refractivity contribution in [2.24, 2.45) is 0 Å². The molecule has 1 aromatic heterocycles. The Labute approximate surface area is 118 Å². The van der Waals surface area contributed by atoms with E-state index in [0.29, 0.717) is 26.2 Å². The van der Waals surface area contributed by atoms with E-state index in [0.717, 1.165) is 11.4 Å². The smallest absolute Gasteiger partial charge is 0.0983 e. The van der Waals surface area contributed by atoms with Crippen molar-refractivity contribution in [3.05, 3.63) is 48.3 Å². The maximum atomic E-state index is 10.2. The SMILES string of the molecule is COCCOCCC(O)c1ccnn1-c1ccccc1. The zero-order valence-corrected chi connectivity index (χ0v) is 11.6. The standard InChI is InChI=1S/C15H20N2O3/c1-19-11-12-20-10-8-15(18)14-7-9-16-17(14)13-5-3-2-4-6-13/h2-7,9,15,18H,8,10-12H2,1H3. The number of nitrogens with zero attached hydrogens (tertiary/aromatic N) is 2. The predicted molar refractivity (Wildman–Crippen MR) is 75.8 cm³/mol. The van der Waals surface area contributed by atoms with E-state index in [1.54, 1.807) is 18.0 Å². The Bertz CT molecular complexity index is 499. The van der Waals surface area contributed by atoms with Gasteiger partial charge >= 0.3 is 0 Å². The molecule has 2 aromatic rings. The number of hydrogen-bond donors (Lipinski definition) is 1. The third-order valence-electron chi connectivity index (χ3n) is 2.98. The highest BCUT2D eigenvalue weighted by molar-refractivity contribution is 5.32. The monoisotopic (exact) mass is 276 g/mol. The van der Waals surface area contributed by atoms with Crippen molar-refractivity contribution in [2.75, 3.05) is 26.9 Å². The fourth-order valence-corrected chi connectivity index (χ4v) is 1.94. The number of para-hydroxylation sites is 1. The van der Waals surface area contributed by atoms with Gasteiger partial charge in [0.05, 0.1) is 30.7 Å². The van der Waals surface area contributed by atoms with Crippen LogP contribution in [-0.2, 0) is 9.47 Å². The van der Waals surface area contributed by atoms with Gasteiger partial charge in [0, 0.05) is 26.3 Å². The van der Waals surface area contributed by atoms with E-state index in [2.05, 4.69) is 5.10 Å². The Morgan fingerprint density at radius 1 is 1.15 bits per heavy atom. The second-order valence-electron chi connectivity index (χ2n) is 4.41. The molecule has 0 aliphatic heterocycles. The van der Waals surface area contributed by atoms with Gasteiger partial charge in [-0.05, 0) is 18.2 Å². The highest BCUT2D eigenvalue weighted by Gasteiger charge is 2.14. The van der Waals surface area contributed by atoms with Gasteiger partial charge < -0.3 is 14.6 Å². The summed E-state index contributed by atoms with van der Waals surface area (Å²) in [4.78, 5) is 0. The molecule has 0 radical (unpaired) electrons. The minimum absolute atomic E-state index is 0.491. The van der Waals surface area contributed by atoms with Gasteiger partial charge in [0.15, 0.2) is 0 Å². The second kappa shape index (κ2) is 7.79. The molecule has 0 bridgehead atoms. The molecular formula is C15H20N2O3. The van der Waals surface area contributed by atoms with Crippen LogP contribution in [0, 0.1) is 0 Å². The zero-order valence-electron chi connectivity index (χ0n) is 11.6. The normalized spacial score (nSPS) is 12.5. The van der Waals surface area contributed by atoms with Crippen LogP contribution < -0.4 is 0 Å². The fourth-order valence-electron chi connectivity index (χ4n) is 1.94. The number of ether oxygens (including phenoxy) is 2. The predicted octanol–water partition coefficient (Wildman–Crippen LogP) is 1.96. The summed E-state index contributed by atoms with van der Waals surface area (Å²) in [5.41, 5.74) is 1.71. The summed E-state index contributed by atoms with van der Waals surface area (Å²) in [5, 5.41) is 14.5. The molecule has 1 atom stereocenters. The van der Waals surface area contributed by atoms with Crippen molar-refractivity contribution < 1.29 is 14.6 Å². The first-order valence-electron chi connectivity index (χ1n) is 6.67. The molecule has 2 rings (SSSR count). The Kier molecular flexibility index (Phi) is 5.73. The van der Waals surface area contributed by atoms with E-state index in [4.69, 9.17) is 9.47 Å². The zero-order chi connectivity index (χ0) is 14.2. The third-order valence-corrected chi connectivity index (χ3v) is 2.98. The van der Waals surface area contributed by atoms with Crippen molar-refractivity contribution in [1.82, 2.24) is 9.78 Å². The van der Waals surface area contributed by atoms with Gasteiger partial charge in [-0.25, -0.2) is 4.68 Å². The quantitative estimate of drug-likeness (QED) is 0.749. The van der Waals surface area contributed by atoms with Gasteiger partial charge in [0.2, 0.25) is 0 Å². The average Bonchev–Trinajstić information content (AvgIpc) is 2.97. The molecule has 5 heteroatoms. The van der Waals surface area contributed by atoms with Gasteiger partial charge in [-0.2, -0.15) is 5.10 Å². The van der Waals surface area contributed by atoms with Crippen LogP contribution >= 0.6 is 0 Å². The molecule has 0 aliphatic rings. The van der Waals surface area contributed by atoms with Crippen LogP contribution in [0.15, 0.2) is 42.6 Å². The second-order valence-corrected chi connectivity index (χ2v) is 4.41. The molecule has 20 heavy (non-hydrogen) atoms. The number of methoxy groups -OCH3 is 1. The Hall–Kier alpha value is -1.69. The van der Waals surface area contributed by atoms with Crippen LogP contribution in [0.25, 0.3) is 5.69 Å². The van der Waals surface area contributed by atoms with Gasteiger partial charge in [0.25, 0.3) is 0 Å². The first-order valence-corrected chi connectivity index (χ1v) is 6.67. The lowest BCUT2D eigenvalue weighted by Gasteiger charge is -2.13. The lowest BCUT2D eigenvalue weighted by molar-refractivity contribution is 0.0462. The molecule has 0 spiro atoms. The van der Waals surface area contributed by atoms with Crippen molar-refractivity contribution in [1.29, 1.82) is 0 Å². The van der Waals surface area contributed by atoms with Gasteiger partial charge in [-0.3, -0.25) is 0 Å². The first-order chi connectivity index (χ1) is 9.83. The highest BCUT2D eigenvalue weighted by atomic mass is 16.5. The number of aromatic nitrogens is 2. The molecule has 0 saturated carbocycles. The van der Waals surface area contributed by atoms with E-state index in [1.807, 2.05) is 36.4 Å². The molecular weight excluding hydrogens is 256 g/mol. The van der Waals surface area contributed by atoms with Gasteiger partial charge in [0.1, 0.15) is 0 Å². The van der Waals surface area contributed by atoms with Gasteiger partial charge in [-0.15, -0.1) is 0 Å². The molecule has 0 amide bonds. The minimum atomic E-state index is -0.597. The number of aliphatic hydroxyl groups excluding tert-OH is 1. The first kappa shape index (κ1) is 14.7. The topological polar surface area (TPSA) is 56.5 Å². The Balaban J connectivity index is 1.94. The van der Waals surface area contributed by atoms with E-state index < -0.39 is 6.10 Å². The van der Waals surface area contributed by atoms with E-state index in [1.165, 1.54) is 0 Å². The Morgan fingerprint density at radius 3 is 2.70 bits per heavy atom. The van der Waals surface area contributed by atoms with Crippen LogP contribution in [0.5, 0.6) is 0 Å². The maximum absolute atomic E-state index is 10.2. The summed E-state index contributed by atoms with van der Waals surface area (Å²) >= 11 is 0. The van der Waals surface area contributed by atoms with Crippen molar-refractivity contribution >= 4 is 0 Å². The van der Waals surface area contributed by atoms with Crippen molar-refractivity contribution in [2.45, 2.75) is 12.5 Å². The van der Waals surface area contributed by atoms with E-state index in [9.17, 15) is 5.11 Å². The summed E-state index contributed by atoms with van der Waals surface area (Å²) in [6.45, 7) is 1.60. The third kappa shape index (κ3) is 3.90. The molecule has 1 N–H and O–H groups in total. The molecule has 0 aliphatic carbocycles. The van der Waals surface area contributed by atoms with E-state index >= 15 is 0 Å². The number of hydrogen-bond acceptors (Lipinski definition) is 4. The van der Waals surface area contributed by atoms with Crippen LogP contribution in [0.4, 0.5) is 0 Å². The highest BCUT2D eigenvalue weighted by Crippen LogP contribution is 2.19. The van der Waals surface area contributed by atoms with Crippen LogP contribution in [-0.4, -0.2) is 41.8 Å². The molecule has 1 aromatic carbocycles. The Morgan fingerprint density at radius 2 is 1.95 bits per heavy atom. The number of benzene rings is 1. The summed E-state index contributed by atoms with van der Waals surface area (Å²) < 4.78 is 12.0. The van der Waals surface area contributed by atoms with Crippen molar-refractivity contribution in [3.8, 4) is 5.69 Å². The molecule has 108 valence electrons. The molecule has 1 unspecified atom stereocenters. The number of rotatable bonds is 8. The minimum Gasteiger partial charge on any atom is -0.387 e. The van der Waals surface area contributed by atoms with Gasteiger partial charge in [-0.1, -0.05) is 18.2 Å². The molecule has 1 heterocycles. The molecule has 0 fully saturated rings. The lowest BCUT2D eigenvalue weighted by Crippen LogP contribution is -2.11. The maximum Gasteiger partial charge on any atom is 0.0983 e. The average molecular weight is 276 g/mol. The summed E-state index contributed by atoms with van der Waals surface area (Å²) in [5.74, 6) is 0. The largest absolute Gasteiger partial charge is 0.387 e. The fraction of sp³-hybridized carbons (Fsp3) is 0.400. The lowest BCUT2D eigenvalue weighted by atomic mass is 10.2. The number of aliphatic hydroxyl groups is 1. The summed E-state index contributed by atoms with van der Waals surface area (Å²) in [6, 6.07) is 11.6. The van der Waals surface area contributed by atoms with Crippen LogP contribution in [0.2, 0.25) is 0 Å². The summed E-state index contributed by atoms with van der Waals surface area (Å²) in [7, 11) is 1.64. The van der Waals surface area contributed by atoms with Crippen LogP contribution in [0.1, 0.15) is 18.2 Å². The van der Waals surface area contributed by atoms with E-state index in [-0.39, 0.29) is 0 Å². The van der Waals surface area contributed by atoms with Crippen LogP contribution in [0.3, 0.4) is 0 Å². The molecule has 5 nitrogen and oxygen atoms in total. The summed E-state index contributed by atoms with van der Waals surface area (Å²) in [6.07, 6.45) is 1.62. The van der Waals surface area contributed by atoms with Crippen molar-refractivity contribution in [3.63, 3.8) is 0 Å². The molecule has 0 saturated heterocycles.